The molecule has 1 saturated heterocycles. The highest BCUT2D eigenvalue weighted by molar-refractivity contribution is 9.10. The zero-order valence-corrected chi connectivity index (χ0v) is 18.9. The van der Waals surface area contributed by atoms with Crippen molar-refractivity contribution in [2.75, 3.05) is 30.3 Å². The molecule has 0 bridgehead atoms. The Bertz CT molecular complexity index is 919. The molecule has 1 saturated carbocycles. The summed E-state index contributed by atoms with van der Waals surface area (Å²) in [6.45, 7) is 1.96. The fourth-order valence-electron chi connectivity index (χ4n) is 4.29. The molecule has 0 aromatic heterocycles. The van der Waals surface area contributed by atoms with Gasteiger partial charge >= 0.3 is 0 Å². The minimum atomic E-state index is -3.69. The van der Waals surface area contributed by atoms with Gasteiger partial charge in [0.2, 0.25) is 11.8 Å². The first-order valence-corrected chi connectivity index (χ1v) is 13.0. The molecule has 6 nitrogen and oxygen atoms in total. The van der Waals surface area contributed by atoms with E-state index < -0.39 is 9.84 Å². The molecule has 2 amide bonds. The molecule has 2 fully saturated rings. The molecule has 0 spiro atoms. The van der Waals surface area contributed by atoms with E-state index in [9.17, 15) is 18.0 Å². The number of halogens is 1. The number of hydrogen-bond acceptors (Lipinski definition) is 4. The molecule has 3 aliphatic rings. The highest BCUT2D eigenvalue weighted by Gasteiger charge is 2.39. The molecule has 4 rings (SSSR count). The normalized spacial score (nSPS) is 19.8. The lowest BCUT2D eigenvalue weighted by atomic mass is 10.2. The zero-order valence-electron chi connectivity index (χ0n) is 16.5. The quantitative estimate of drug-likeness (QED) is 0.644. The summed E-state index contributed by atoms with van der Waals surface area (Å²) in [5, 5.41) is 0. The molecule has 0 radical (unpaired) electrons. The van der Waals surface area contributed by atoms with Gasteiger partial charge in [-0.25, -0.2) is 8.42 Å². The van der Waals surface area contributed by atoms with E-state index >= 15 is 0 Å². The second kappa shape index (κ2) is 8.38. The molecule has 0 atom stereocenters. The van der Waals surface area contributed by atoms with Crippen LogP contribution in [0.5, 0.6) is 0 Å². The third-order valence-electron chi connectivity index (χ3n) is 6.06. The maximum absolute atomic E-state index is 13.2. The van der Waals surface area contributed by atoms with Crippen molar-refractivity contribution in [3.05, 3.63) is 22.2 Å². The van der Waals surface area contributed by atoms with Gasteiger partial charge in [0.05, 0.1) is 16.3 Å². The average Bonchev–Trinajstić information content (AvgIpc) is 3.49. The lowest BCUT2D eigenvalue weighted by Gasteiger charge is -2.22. The Morgan fingerprint density at radius 2 is 1.72 bits per heavy atom. The van der Waals surface area contributed by atoms with E-state index in [4.69, 9.17) is 0 Å². The van der Waals surface area contributed by atoms with Gasteiger partial charge in [0, 0.05) is 36.4 Å². The van der Waals surface area contributed by atoms with Crippen LogP contribution in [0, 0.1) is 5.92 Å². The largest absolute Gasteiger partial charge is 0.343 e. The maximum Gasteiger partial charge on any atom is 0.230 e. The van der Waals surface area contributed by atoms with Crippen LogP contribution in [0.4, 0.5) is 5.69 Å². The fourth-order valence-corrected chi connectivity index (χ4v) is 6.45. The van der Waals surface area contributed by atoms with Gasteiger partial charge in [-0.3, -0.25) is 9.59 Å². The summed E-state index contributed by atoms with van der Waals surface area (Å²) in [5.74, 6) is -0.252. The van der Waals surface area contributed by atoms with Crippen LogP contribution in [-0.2, 0) is 25.8 Å². The second-order valence-corrected chi connectivity index (χ2v) is 11.3. The summed E-state index contributed by atoms with van der Waals surface area (Å²) in [5.41, 5.74) is 1.41. The molecule has 2 heterocycles. The number of carbonyl (C=O) groups excluding carboxylic acids is 2. The summed E-state index contributed by atoms with van der Waals surface area (Å²) in [7, 11) is -3.69. The Balaban J connectivity index is 1.55. The summed E-state index contributed by atoms with van der Waals surface area (Å²) >= 11 is 3.41. The average molecular weight is 483 g/mol. The fraction of sp³-hybridized carbons (Fsp3) is 0.619. The molecule has 1 aromatic rings. The van der Waals surface area contributed by atoms with E-state index in [1.807, 2.05) is 6.07 Å². The van der Waals surface area contributed by atoms with Crippen molar-refractivity contribution in [2.45, 2.75) is 56.3 Å². The van der Waals surface area contributed by atoms with E-state index in [0.29, 0.717) is 23.1 Å². The van der Waals surface area contributed by atoms with E-state index in [1.54, 1.807) is 15.9 Å². The SMILES string of the molecule is O=C(CCS(=O)(=O)c1cc(Br)cc2c1N(C(=O)C1CC1)CC2)N1CCCCCC1. The summed E-state index contributed by atoms with van der Waals surface area (Å²) in [4.78, 5) is 28.9. The van der Waals surface area contributed by atoms with Crippen LogP contribution in [0.2, 0.25) is 0 Å². The van der Waals surface area contributed by atoms with Gasteiger partial charge in [-0.1, -0.05) is 28.8 Å². The Labute approximate surface area is 180 Å². The molecule has 29 heavy (non-hydrogen) atoms. The Kier molecular flexibility index (Phi) is 6.02. The number of likely N-dealkylation sites (tertiary alicyclic amines) is 1. The summed E-state index contributed by atoms with van der Waals surface area (Å²) in [6, 6.07) is 3.49. The molecular formula is C21H27BrN2O4S. The second-order valence-electron chi connectivity index (χ2n) is 8.29. The number of hydrogen-bond donors (Lipinski definition) is 0. The van der Waals surface area contributed by atoms with E-state index in [-0.39, 0.29) is 34.8 Å². The highest BCUT2D eigenvalue weighted by Crippen LogP contribution is 2.41. The monoisotopic (exact) mass is 482 g/mol. The van der Waals surface area contributed by atoms with Crippen LogP contribution in [-0.4, -0.2) is 50.5 Å². The Morgan fingerprint density at radius 1 is 1.03 bits per heavy atom. The van der Waals surface area contributed by atoms with Gasteiger partial charge in [-0.15, -0.1) is 0 Å². The van der Waals surface area contributed by atoms with Crippen molar-refractivity contribution in [1.29, 1.82) is 0 Å². The van der Waals surface area contributed by atoms with Crippen molar-refractivity contribution in [3.8, 4) is 0 Å². The van der Waals surface area contributed by atoms with Crippen LogP contribution < -0.4 is 4.90 Å². The standard InChI is InChI=1S/C21H27BrN2O4S/c22-17-13-16-7-11-24(21(26)15-5-6-15)20(16)18(14-17)29(27,28)12-8-19(25)23-9-3-1-2-4-10-23/h13-15H,1-12H2. The highest BCUT2D eigenvalue weighted by atomic mass is 79.9. The van der Waals surface area contributed by atoms with Gasteiger partial charge in [0.15, 0.2) is 9.84 Å². The number of sulfone groups is 1. The minimum absolute atomic E-state index is 0.0137. The molecule has 8 heteroatoms. The number of carbonyl (C=O) groups is 2. The first-order valence-electron chi connectivity index (χ1n) is 10.5. The van der Waals surface area contributed by atoms with Gasteiger partial charge in [-0.05, 0) is 49.8 Å². The number of anilines is 1. The number of fused-ring (bicyclic) bond motifs is 1. The first kappa shape index (κ1) is 20.8. The van der Waals surface area contributed by atoms with Crippen LogP contribution in [0.15, 0.2) is 21.5 Å². The van der Waals surface area contributed by atoms with Gasteiger partial charge in [0.25, 0.3) is 0 Å². The first-order chi connectivity index (χ1) is 13.9. The topological polar surface area (TPSA) is 74.8 Å². The van der Waals surface area contributed by atoms with Crippen LogP contribution in [0.3, 0.4) is 0 Å². The molecule has 0 unspecified atom stereocenters. The number of amides is 2. The van der Waals surface area contributed by atoms with Crippen LogP contribution in [0.1, 0.15) is 50.5 Å². The van der Waals surface area contributed by atoms with Crippen LogP contribution >= 0.6 is 15.9 Å². The Hall–Kier alpha value is -1.41. The number of nitrogens with zero attached hydrogens (tertiary/aromatic N) is 2. The third-order valence-corrected chi connectivity index (χ3v) is 8.25. The smallest absolute Gasteiger partial charge is 0.230 e. The van der Waals surface area contributed by atoms with E-state index in [1.165, 1.54) is 0 Å². The predicted molar refractivity (Wildman–Crippen MR) is 115 cm³/mol. The molecule has 1 aromatic carbocycles. The summed E-state index contributed by atoms with van der Waals surface area (Å²) < 4.78 is 27.1. The van der Waals surface area contributed by atoms with E-state index in [2.05, 4.69) is 15.9 Å². The zero-order chi connectivity index (χ0) is 20.6. The van der Waals surface area contributed by atoms with Crippen molar-refractivity contribution >= 4 is 43.3 Å². The summed E-state index contributed by atoms with van der Waals surface area (Å²) in [6.07, 6.45) is 6.61. The van der Waals surface area contributed by atoms with Crippen molar-refractivity contribution in [2.24, 2.45) is 5.92 Å². The van der Waals surface area contributed by atoms with Gasteiger partial charge < -0.3 is 9.80 Å². The Morgan fingerprint density at radius 3 is 2.38 bits per heavy atom. The molecule has 0 N–H and O–H groups in total. The van der Waals surface area contributed by atoms with Crippen LogP contribution in [0.25, 0.3) is 0 Å². The molecule has 2 aliphatic heterocycles. The van der Waals surface area contributed by atoms with Crippen molar-refractivity contribution in [1.82, 2.24) is 4.90 Å². The lowest BCUT2D eigenvalue weighted by molar-refractivity contribution is -0.130. The number of benzene rings is 1. The molecular weight excluding hydrogens is 456 g/mol. The van der Waals surface area contributed by atoms with Crippen molar-refractivity contribution < 1.29 is 18.0 Å². The molecule has 1 aliphatic carbocycles. The van der Waals surface area contributed by atoms with Crippen molar-refractivity contribution in [3.63, 3.8) is 0 Å². The van der Waals surface area contributed by atoms with Gasteiger partial charge in [0.1, 0.15) is 0 Å². The maximum atomic E-state index is 13.2. The van der Waals surface area contributed by atoms with E-state index in [0.717, 1.165) is 57.2 Å². The minimum Gasteiger partial charge on any atom is -0.343 e. The van der Waals surface area contributed by atoms with Gasteiger partial charge in [-0.2, -0.15) is 0 Å². The number of rotatable bonds is 5. The third kappa shape index (κ3) is 4.53. The molecule has 158 valence electrons. The lowest BCUT2D eigenvalue weighted by Crippen LogP contribution is -2.33. The predicted octanol–water partition coefficient (Wildman–Crippen LogP) is 3.31.